The van der Waals surface area contributed by atoms with Gasteiger partial charge in [-0.05, 0) is 37.3 Å². The molecule has 0 aliphatic carbocycles. The van der Waals surface area contributed by atoms with E-state index in [2.05, 4.69) is 22.2 Å². The number of piperidine rings is 1. The van der Waals surface area contributed by atoms with E-state index < -0.39 is 0 Å². The van der Waals surface area contributed by atoms with Crippen LogP contribution in [0.3, 0.4) is 0 Å². The number of unbranched alkanes of at least 4 members (excludes halogenated alkanes) is 1. The maximum atomic E-state index is 12.5. The minimum atomic E-state index is 0.00551. The summed E-state index contributed by atoms with van der Waals surface area (Å²) in [5.74, 6) is 0.657. The molecule has 1 atom stereocenters. The summed E-state index contributed by atoms with van der Waals surface area (Å²) in [6.07, 6.45) is 9.63. The van der Waals surface area contributed by atoms with Gasteiger partial charge < -0.3 is 15.2 Å². The van der Waals surface area contributed by atoms with Crippen molar-refractivity contribution in [1.82, 2.24) is 14.9 Å². The molecule has 2 aromatic heterocycles. The van der Waals surface area contributed by atoms with Gasteiger partial charge in [0, 0.05) is 30.9 Å². The van der Waals surface area contributed by atoms with Crippen molar-refractivity contribution in [1.29, 1.82) is 0 Å². The van der Waals surface area contributed by atoms with Crippen molar-refractivity contribution in [3.63, 3.8) is 0 Å². The molecule has 3 heterocycles. The summed E-state index contributed by atoms with van der Waals surface area (Å²) in [6.45, 7) is 3.96. The number of rotatable bonds is 4. The van der Waals surface area contributed by atoms with Crippen molar-refractivity contribution in [2.75, 3.05) is 18.4 Å². The molecule has 0 saturated carbocycles. The van der Waals surface area contributed by atoms with Gasteiger partial charge >= 0.3 is 6.03 Å². The van der Waals surface area contributed by atoms with Crippen molar-refractivity contribution < 1.29 is 4.79 Å². The first-order chi connectivity index (χ1) is 10.8. The molecule has 0 spiro atoms. The van der Waals surface area contributed by atoms with Gasteiger partial charge in [-0.15, -0.1) is 0 Å². The summed E-state index contributed by atoms with van der Waals surface area (Å²) in [4.78, 5) is 21.8. The molecule has 0 bridgehead atoms. The van der Waals surface area contributed by atoms with Crippen LogP contribution in [0.5, 0.6) is 0 Å². The molecule has 0 aromatic carbocycles. The lowest BCUT2D eigenvalue weighted by atomic mass is 9.93. The third-order valence-electron chi connectivity index (χ3n) is 4.46. The normalized spacial score (nSPS) is 18.6. The zero-order chi connectivity index (χ0) is 15.4. The standard InChI is InChI=1S/C17H24N4O/c1-2-3-6-13-7-5-10-21(12-13)17(22)20-15-11-19-16-14(15)8-4-9-18-16/h4,8-9,11,13H,2-3,5-7,10,12H2,1H3,(H,18,19)(H,20,22). The minimum Gasteiger partial charge on any atom is -0.344 e. The SMILES string of the molecule is CCCCC1CCCN(C(=O)Nc2c[nH]c3ncccc23)C1. The third kappa shape index (κ3) is 3.24. The van der Waals surface area contributed by atoms with Gasteiger partial charge in [-0.2, -0.15) is 0 Å². The van der Waals surface area contributed by atoms with Gasteiger partial charge in [-0.1, -0.05) is 19.8 Å². The Kier molecular flexibility index (Phi) is 4.61. The Labute approximate surface area is 131 Å². The number of pyridine rings is 1. The molecule has 1 aliphatic rings. The second-order valence-electron chi connectivity index (χ2n) is 6.13. The van der Waals surface area contributed by atoms with Crippen molar-refractivity contribution in [3.8, 4) is 0 Å². The molecule has 22 heavy (non-hydrogen) atoms. The number of fused-ring (bicyclic) bond motifs is 1. The Hall–Kier alpha value is -2.04. The highest BCUT2D eigenvalue weighted by Gasteiger charge is 2.23. The second-order valence-corrected chi connectivity index (χ2v) is 6.13. The van der Waals surface area contributed by atoms with E-state index in [4.69, 9.17) is 0 Å². The number of anilines is 1. The first kappa shape index (κ1) is 14.9. The molecular formula is C17H24N4O. The molecule has 3 rings (SSSR count). The molecule has 2 aromatic rings. The largest absolute Gasteiger partial charge is 0.344 e. The minimum absolute atomic E-state index is 0.00551. The highest BCUT2D eigenvalue weighted by atomic mass is 16.2. The number of hydrogen-bond acceptors (Lipinski definition) is 2. The summed E-state index contributed by atoms with van der Waals surface area (Å²) < 4.78 is 0. The first-order valence-electron chi connectivity index (χ1n) is 8.26. The Balaban J connectivity index is 1.64. The van der Waals surface area contributed by atoms with Crippen LogP contribution >= 0.6 is 0 Å². The Morgan fingerprint density at radius 2 is 2.45 bits per heavy atom. The summed E-state index contributed by atoms with van der Waals surface area (Å²) in [7, 11) is 0. The fraction of sp³-hybridized carbons (Fsp3) is 0.529. The molecule has 1 fully saturated rings. The Morgan fingerprint density at radius 3 is 3.32 bits per heavy atom. The maximum absolute atomic E-state index is 12.5. The fourth-order valence-corrected chi connectivity index (χ4v) is 3.23. The monoisotopic (exact) mass is 300 g/mol. The van der Waals surface area contributed by atoms with Crippen molar-refractivity contribution in [2.24, 2.45) is 5.92 Å². The molecule has 1 saturated heterocycles. The predicted molar refractivity (Wildman–Crippen MR) is 88.9 cm³/mol. The van der Waals surface area contributed by atoms with Crippen LogP contribution in [0.4, 0.5) is 10.5 Å². The van der Waals surface area contributed by atoms with E-state index in [1.807, 2.05) is 23.2 Å². The summed E-state index contributed by atoms with van der Waals surface area (Å²) >= 11 is 0. The van der Waals surface area contributed by atoms with Crippen LogP contribution in [-0.4, -0.2) is 34.0 Å². The van der Waals surface area contributed by atoms with Crippen molar-refractivity contribution >= 4 is 22.8 Å². The van der Waals surface area contributed by atoms with E-state index in [1.54, 1.807) is 6.20 Å². The van der Waals surface area contributed by atoms with E-state index in [1.165, 1.54) is 25.7 Å². The topological polar surface area (TPSA) is 61.0 Å². The van der Waals surface area contributed by atoms with E-state index in [0.29, 0.717) is 5.92 Å². The fourth-order valence-electron chi connectivity index (χ4n) is 3.23. The number of urea groups is 1. The van der Waals surface area contributed by atoms with Crippen LogP contribution in [-0.2, 0) is 0 Å². The van der Waals surface area contributed by atoms with Crippen molar-refractivity contribution in [3.05, 3.63) is 24.5 Å². The molecule has 5 heteroatoms. The average Bonchev–Trinajstić information content (AvgIpc) is 2.96. The number of amides is 2. The van der Waals surface area contributed by atoms with Crippen LogP contribution in [0.2, 0.25) is 0 Å². The molecule has 2 amide bonds. The number of aromatic nitrogens is 2. The number of carbonyl (C=O) groups excluding carboxylic acids is 1. The van der Waals surface area contributed by atoms with Gasteiger partial charge in [0.05, 0.1) is 5.69 Å². The molecule has 1 unspecified atom stereocenters. The van der Waals surface area contributed by atoms with E-state index in [0.717, 1.165) is 36.2 Å². The van der Waals surface area contributed by atoms with Crippen LogP contribution in [0.15, 0.2) is 24.5 Å². The summed E-state index contributed by atoms with van der Waals surface area (Å²) in [5.41, 5.74) is 1.61. The number of H-pyrrole nitrogens is 1. The molecular weight excluding hydrogens is 276 g/mol. The number of aromatic amines is 1. The van der Waals surface area contributed by atoms with Gasteiger partial charge in [-0.3, -0.25) is 0 Å². The first-order valence-corrected chi connectivity index (χ1v) is 8.26. The van der Waals surface area contributed by atoms with E-state index in [9.17, 15) is 4.79 Å². The zero-order valence-electron chi connectivity index (χ0n) is 13.1. The highest BCUT2D eigenvalue weighted by Crippen LogP contribution is 2.24. The zero-order valence-corrected chi connectivity index (χ0v) is 13.1. The maximum Gasteiger partial charge on any atom is 0.321 e. The number of carbonyl (C=O) groups is 1. The average molecular weight is 300 g/mol. The van der Waals surface area contributed by atoms with E-state index in [-0.39, 0.29) is 6.03 Å². The smallest absolute Gasteiger partial charge is 0.321 e. The van der Waals surface area contributed by atoms with Gasteiger partial charge in [0.2, 0.25) is 0 Å². The lowest BCUT2D eigenvalue weighted by Crippen LogP contribution is -2.42. The lowest BCUT2D eigenvalue weighted by molar-refractivity contribution is 0.173. The van der Waals surface area contributed by atoms with Gasteiger partial charge in [0.25, 0.3) is 0 Å². The number of nitrogens with zero attached hydrogens (tertiary/aromatic N) is 2. The Bertz CT molecular complexity index is 636. The highest BCUT2D eigenvalue weighted by molar-refractivity contribution is 5.99. The predicted octanol–water partition coefficient (Wildman–Crippen LogP) is 4.00. The van der Waals surface area contributed by atoms with Gasteiger partial charge in [0.1, 0.15) is 5.65 Å². The Morgan fingerprint density at radius 1 is 1.55 bits per heavy atom. The number of likely N-dealkylation sites (tertiary alicyclic amines) is 1. The molecule has 0 radical (unpaired) electrons. The second kappa shape index (κ2) is 6.81. The van der Waals surface area contributed by atoms with E-state index >= 15 is 0 Å². The van der Waals surface area contributed by atoms with Crippen LogP contribution in [0.1, 0.15) is 39.0 Å². The van der Waals surface area contributed by atoms with Gasteiger partial charge in [0.15, 0.2) is 0 Å². The summed E-state index contributed by atoms with van der Waals surface area (Å²) in [5, 5.41) is 3.98. The van der Waals surface area contributed by atoms with Gasteiger partial charge in [-0.25, -0.2) is 9.78 Å². The number of nitrogens with one attached hydrogen (secondary N) is 2. The quantitative estimate of drug-likeness (QED) is 0.896. The molecule has 5 nitrogen and oxygen atoms in total. The number of hydrogen-bond donors (Lipinski definition) is 2. The molecule has 1 aliphatic heterocycles. The molecule has 2 N–H and O–H groups in total. The summed E-state index contributed by atoms with van der Waals surface area (Å²) in [6, 6.07) is 3.85. The molecule has 118 valence electrons. The lowest BCUT2D eigenvalue weighted by Gasteiger charge is -2.32. The third-order valence-corrected chi connectivity index (χ3v) is 4.46. The van der Waals surface area contributed by atoms with Crippen LogP contribution in [0.25, 0.3) is 11.0 Å². The van der Waals surface area contributed by atoms with Crippen molar-refractivity contribution in [2.45, 2.75) is 39.0 Å². The van der Waals surface area contributed by atoms with Crippen LogP contribution in [0, 0.1) is 5.92 Å². The van der Waals surface area contributed by atoms with Crippen LogP contribution < -0.4 is 5.32 Å².